The molecule has 1 amide bonds. The number of hydrogen-bond acceptors (Lipinski definition) is 3. The van der Waals surface area contributed by atoms with Crippen LogP contribution in [0.25, 0.3) is 11.4 Å². The highest BCUT2D eigenvalue weighted by molar-refractivity contribution is 6.30. The van der Waals surface area contributed by atoms with Gasteiger partial charge in [-0.25, -0.2) is 4.98 Å². The quantitative estimate of drug-likeness (QED) is 0.823. The molecule has 2 aromatic rings. The van der Waals surface area contributed by atoms with Gasteiger partial charge in [-0.05, 0) is 30.9 Å². The zero-order chi connectivity index (χ0) is 18.4. The predicted molar refractivity (Wildman–Crippen MR) is 101 cm³/mol. The number of benzene rings is 1. The molecule has 1 aromatic heterocycles. The lowest BCUT2D eigenvalue weighted by Gasteiger charge is -2.14. The van der Waals surface area contributed by atoms with E-state index in [0.717, 1.165) is 12.0 Å². The van der Waals surface area contributed by atoms with Crippen LogP contribution in [0.5, 0.6) is 0 Å². The number of carbonyl (C=O) groups is 1. The number of amides is 1. The highest BCUT2D eigenvalue weighted by atomic mass is 35.5. The molecule has 0 aliphatic heterocycles. The standard InChI is InChI=1S/C19H24ClN3O2/c1-4-16-11-18(25)23(12-17(24)21-9-8-13(2)3)19(22-16)14-6-5-7-15(20)10-14/h5-7,10-11,13H,4,8-9,12H2,1-3H3,(H,21,24). The van der Waals surface area contributed by atoms with Gasteiger partial charge in [0.05, 0.1) is 0 Å². The van der Waals surface area contributed by atoms with Crippen molar-refractivity contribution in [2.24, 2.45) is 5.92 Å². The van der Waals surface area contributed by atoms with Crippen LogP contribution >= 0.6 is 11.6 Å². The Morgan fingerprint density at radius 1 is 1.32 bits per heavy atom. The van der Waals surface area contributed by atoms with Gasteiger partial charge >= 0.3 is 0 Å². The van der Waals surface area contributed by atoms with Crippen molar-refractivity contribution in [3.05, 3.63) is 51.4 Å². The molecule has 0 saturated heterocycles. The predicted octanol–water partition coefficient (Wildman–Crippen LogP) is 3.29. The molecule has 0 fully saturated rings. The molecule has 0 spiro atoms. The smallest absolute Gasteiger partial charge is 0.254 e. The zero-order valence-electron chi connectivity index (χ0n) is 14.9. The second kappa shape index (κ2) is 8.81. The highest BCUT2D eigenvalue weighted by Crippen LogP contribution is 2.20. The van der Waals surface area contributed by atoms with Crippen molar-refractivity contribution in [3.63, 3.8) is 0 Å². The molecule has 0 atom stereocenters. The fourth-order valence-electron chi connectivity index (χ4n) is 2.44. The summed E-state index contributed by atoms with van der Waals surface area (Å²) in [5.41, 5.74) is 1.17. The van der Waals surface area contributed by atoms with Crippen LogP contribution < -0.4 is 10.9 Å². The van der Waals surface area contributed by atoms with E-state index in [2.05, 4.69) is 24.1 Å². The van der Waals surface area contributed by atoms with Crippen LogP contribution in [0.3, 0.4) is 0 Å². The molecule has 5 nitrogen and oxygen atoms in total. The normalized spacial score (nSPS) is 10.9. The largest absolute Gasteiger partial charge is 0.355 e. The van der Waals surface area contributed by atoms with E-state index in [9.17, 15) is 9.59 Å². The van der Waals surface area contributed by atoms with Crippen LogP contribution in [0.15, 0.2) is 35.1 Å². The number of carbonyl (C=O) groups excluding carboxylic acids is 1. The topological polar surface area (TPSA) is 64.0 Å². The van der Waals surface area contributed by atoms with Crippen molar-refractivity contribution in [1.29, 1.82) is 0 Å². The van der Waals surface area contributed by atoms with Crippen molar-refractivity contribution in [3.8, 4) is 11.4 Å². The molecule has 6 heteroatoms. The maximum Gasteiger partial charge on any atom is 0.254 e. The van der Waals surface area contributed by atoms with E-state index in [-0.39, 0.29) is 18.0 Å². The maximum absolute atomic E-state index is 12.5. The van der Waals surface area contributed by atoms with Crippen LogP contribution in [0, 0.1) is 5.92 Å². The molecule has 2 rings (SSSR count). The van der Waals surface area contributed by atoms with Gasteiger partial charge in [-0.1, -0.05) is 44.5 Å². The first-order chi connectivity index (χ1) is 11.9. The van der Waals surface area contributed by atoms with Crippen LogP contribution in [-0.2, 0) is 17.8 Å². The van der Waals surface area contributed by atoms with Gasteiger partial charge < -0.3 is 5.32 Å². The summed E-state index contributed by atoms with van der Waals surface area (Å²) in [6.45, 7) is 6.67. The summed E-state index contributed by atoms with van der Waals surface area (Å²) in [7, 11) is 0. The molecule has 1 aromatic carbocycles. The molecule has 0 saturated carbocycles. The average Bonchev–Trinajstić information content (AvgIpc) is 2.56. The van der Waals surface area contributed by atoms with Crippen molar-refractivity contribution in [2.75, 3.05) is 6.54 Å². The SMILES string of the molecule is CCc1cc(=O)n(CC(=O)NCCC(C)C)c(-c2cccc(Cl)c2)n1. The summed E-state index contributed by atoms with van der Waals surface area (Å²) in [5, 5.41) is 3.41. The van der Waals surface area contributed by atoms with Crippen LogP contribution in [0.1, 0.15) is 32.9 Å². The molecule has 0 unspecified atom stereocenters. The summed E-state index contributed by atoms with van der Waals surface area (Å²) in [4.78, 5) is 29.3. The van der Waals surface area contributed by atoms with E-state index in [1.54, 1.807) is 18.2 Å². The molecule has 1 heterocycles. The van der Waals surface area contributed by atoms with E-state index in [1.165, 1.54) is 10.6 Å². The van der Waals surface area contributed by atoms with Gasteiger partial charge in [0.15, 0.2) is 0 Å². The molecule has 134 valence electrons. The number of nitrogens with one attached hydrogen (secondary N) is 1. The van der Waals surface area contributed by atoms with E-state index in [0.29, 0.717) is 35.4 Å². The van der Waals surface area contributed by atoms with E-state index >= 15 is 0 Å². The Balaban J connectivity index is 2.33. The number of rotatable bonds is 7. The Labute approximate surface area is 153 Å². The molecular weight excluding hydrogens is 338 g/mol. The monoisotopic (exact) mass is 361 g/mol. The van der Waals surface area contributed by atoms with Gasteiger partial charge in [-0.3, -0.25) is 14.2 Å². The number of aryl methyl sites for hydroxylation is 1. The lowest BCUT2D eigenvalue weighted by molar-refractivity contribution is -0.121. The second-order valence-electron chi connectivity index (χ2n) is 6.39. The lowest BCUT2D eigenvalue weighted by Crippen LogP contribution is -2.34. The minimum Gasteiger partial charge on any atom is -0.355 e. The molecule has 0 radical (unpaired) electrons. The Hall–Kier alpha value is -2.14. The van der Waals surface area contributed by atoms with Crippen LogP contribution in [0.4, 0.5) is 0 Å². The minimum atomic E-state index is -0.235. The summed E-state index contributed by atoms with van der Waals surface area (Å²) in [6, 6.07) is 8.62. The Morgan fingerprint density at radius 3 is 2.72 bits per heavy atom. The first-order valence-electron chi connectivity index (χ1n) is 8.54. The molecular formula is C19H24ClN3O2. The van der Waals surface area contributed by atoms with Crippen LogP contribution in [0.2, 0.25) is 5.02 Å². The summed E-state index contributed by atoms with van der Waals surface area (Å²) < 4.78 is 1.40. The Morgan fingerprint density at radius 2 is 2.08 bits per heavy atom. The number of nitrogens with zero attached hydrogens (tertiary/aromatic N) is 2. The first kappa shape index (κ1) is 19.2. The van der Waals surface area contributed by atoms with Crippen molar-refractivity contribution in [2.45, 2.75) is 40.2 Å². The number of halogens is 1. The van der Waals surface area contributed by atoms with Gasteiger partial charge in [0, 0.05) is 28.9 Å². The van der Waals surface area contributed by atoms with E-state index in [4.69, 9.17) is 11.6 Å². The maximum atomic E-state index is 12.5. The van der Waals surface area contributed by atoms with Crippen molar-refractivity contribution < 1.29 is 4.79 Å². The third kappa shape index (κ3) is 5.43. The van der Waals surface area contributed by atoms with Crippen molar-refractivity contribution >= 4 is 17.5 Å². The third-order valence-corrected chi connectivity index (χ3v) is 4.09. The van der Waals surface area contributed by atoms with Gasteiger partial charge in [0.1, 0.15) is 12.4 Å². The van der Waals surface area contributed by atoms with Gasteiger partial charge in [-0.15, -0.1) is 0 Å². The van der Waals surface area contributed by atoms with Crippen molar-refractivity contribution in [1.82, 2.24) is 14.9 Å². The number of hydrogen-bond donors (Lipinski definition) is 1. The van der Waals surface area contributed by atoms with Crippen LogP contribution in [-0.4, -0.2) is 22.0 Å². The molecule has 0 aliphatic carbocycles. The zero-order valence-corrected chi connectivity index (χ0v) is 15.6. The molecule has 25 heavy (non-hydrogen) atoms. The summed E-state index contributed by atoms with van der Waals surface area (Å²) in [6.07, 6.45) is 1.54. The fraction of sp³-hybridized carbons (Fsp3) is 0.421. The highest BCUT2D eigenvalue weighted by Gasteiger charge is 2.14. The summed E-state index contributed by atoms with van der Waals surface area (Å²) in [5.74, 6) is 0.776. The van der Waals surface area contributed by atoms with E-state index in [1.807, 2.05) is 13.0 Å². The van der Waals surface area contributed by atoms with E-state index < -0.39 is 0 Å². The Kier molecular flexibility index (Phi) is 6.76. The average molecular weight is 362 g/mol. The van der Waals surface area contributed by atoms with Gasteiger partial charge in [0.25, 0.3) is 5.56 Å². The molecule has 0 aliphatic rings. The van der Waals surface area contributed by atoms with Gasteiger partial charge in [-0.2, -0.15) is 0 Å². The molecule has 0 bridgehead atoms. The Bertz CT molecular complexity index is 799. The second-order valence-corrected chi connectivity index (χ2v) is 6.83. The lowest BCUT2D eigenvalue weighted by atomic mass is 10.1. The van der Waals surface area contributed by atoms with Gasteiger partial charge in [0.2, 0.25) is 5.91 Å². The molecule has 1 N–H and O–H groups in total. The fourth-order valence-corrected chi connectivity index (χ4v) is 2.63. The summed E-state index contributed by atoms with van der Waals surface area (Å²) >= 11 is 6.07. The first-order valence-corrected chi connectivity index (χ1v) is 8.92. The number of aromatic nitrogens is 2. The minimum absolute atomic E-state index is 0.0598. The third-order valence-electron chi connectivity index (χ3n) is 3.85.